The number of aromatic hydroxyl groups is 1. The van der Waals surface area contributed by atoms with Crippen LogP contribution in [0, 0.1) is 19.8 Å². The Kier molecular flexibility index (Phi) is 4.71. The lowest BCUT2D eigenvalue weighted by molar-refractivity contribution is -0.145. The van der Waals surface area contributed by atoms with Crippen molar-refractivity contribution in [2.45, 2.75) is 33.1 Å². The van der Waals surface area contributed by atoms with Crippen molar-refractivity contribution in [3.63, 3.8) is 0 Å². The lowest BCUT2D eigenvalue weighted by Gasteiger charge is -2.30. The Morgan fingerprint density at radius 2 is 2.04 bits per heavy atom. The number of amides is 1. The van der Waals surface area contributed by atoms with Gasteiger partial charge in [0.2, 0.25) is 5.91 Å². The summed E-state index contributed by atoms with van der Waals surface area (Å²) in [6.07, 6.45) is 0.987. The van der Waals surface area contributed by atoms with Crippen molar-refractivity contribution < 1.29 is 24.2 Å². The van der Waals surface area contributed by atoms with Crippen LogP contribution in [0.15, 0.2) is 21.3 Å². The van der Waals surface area contributed by atoms with E-state index in [0.29, 0.717) is 30.3 Å². The van der Waals surface area contributed by atoms with Gasteiger partial charge in [-0.2, -0.15) is 0 Å². The minimum atomic E-state index is -0.913. The van der Waals surface area contributed by atoms with Gasteiger partial charge in [0.05, 0.1) is 23.3 Å². The number of carboxylic acid groups (broad SMARTS) is 1. The van der Waals surface area contributed by atoms with Crippen LogP contribution in [0.2, 0.25) is 0 Å². The van der Waals surface area contributed by atoms with Crippen LogP contribution in [-0.4, -0.2) is 40.1 Å². The van der Waals surface area contributed by atoms with Gasteiger partial charge in [-0.25, -0.2) is 4.79 Å². The zero-order chi connectivity index (χ0) is 19.0. The van der Waals surface area contributed by atoms with E-state index < -0.39 is 17.5 Å². The third kappa shape index (κ3) is 3.29. The number of piperidine rings is 1. The van der Waals surface area contributed by atoms with E-state index in [4.69, 9.17) is 9.52 Å². The van der Waals surface area contributed by atoms with Gasteiger partial charge in [-0.15, -0.1) is 0 Å². The second-order valence-electron chi connectivity index (χ2n) is 6.84. The molecule has 1 aromatic heterocycles. The van der Waals surface area contributed by atoms with Crippen LogP contribution >= 0.6 is 0 Å². The Balaban J connectivity index is 1.92. The number of benzene rings is 1. The monoisotopic (exact) mass is 359 g/mol. The van der Waals surface area contributed by atoms with Gasteiger partial charge >= 0.3 is 11.6 Å². The minimum Gasteiger partial charge on any atom is -0.507 e. The van der Waals surface area contributed by atoms with Gasteiger partial charge in [0.25, 0.3) is 0 Å². The molecule has 7 heteroatoms. The number of carbonyl (C=O) groups is 2. The SMILES string of the molecule is Cc1cc(O)c2c(C)c(CC(=O)N3CCC[C@@H](C(=O)O)C3)c(=O)oc2c1. The van der Waals surface area contributed by atoms with Gasteiger partial charge < -0.3 is 19.5 Å². The standard InChI is InChI=1S/C19H21NO6/c1-10-6-14(21)17-11(2)13(19(25)26-15(17)7-10)8-16(22)20-5-3-4-12(9-20)18(23)24/h6-7,12,21H,3-5,8-9H2,1-2H3,(H,23,24)/t12-/m1/s1. The number of fused-ring (bicyclic) bond motifs is 1. The fourth-order valence-electron chi connectivity index (χ4n) is 3.53. The summed E-state index contributed by atoms with van der Waals surface area (Å²) in [5, 5.41) is 19.8. The predicted octanol–water partition coefficient (Wildman–Crippen LogP) is 1.98. The second-order valence-corrected chi connectivity index (χ2v) is 6.84. The summed E-state index contributed by atoms with van der Waals surface area (Å²) in [7, 11) is 0. The van der Waals surface area contributed by atoms with Crippen LogP contribution in [0.3, 0.4) is 0 Å². The van der Waals surface area contributed by atoms with E-state index >= 15 is 0 Å². The highest BCUT2D eigenvalue weighted by atomic mass is 16.4. The highest BCUT2D eigenvalue weighted by Crippen LogP contribution is 2.30. The van der Waals surface area contributed by atoms with Gasteiger partial charge in [0.15, 0.2) is 0 Å². The molecular weight excluding hydrogens is 338 g/mol. The molecule has 0 aliphatic carbocycles. The quantitative estimate of drug-likeness (QED) is 0.811. The van der Waals surface area contributed by atoms with Crippen molar-refractivity contribution in [1.82, 2.24) is 4.90 Å². The van der Waals surface area contributed by atoms with Crippen LogP contribution in [0.5, 0.6) is 5.75 Å². The Morgan fingerprint density at radius 3 is 2.73 bits per heavy atom. The number of hydrogen-bond donors (Lipinski definition) is 2. The van der Waals surface area contributed by atoms with Crippen molar-refractivity contribution in [1.29, 1.82) is 0 Å². The molecule has 1 saturated heterocycles. The second kappa shape index (κ2) is 6.82. The Morgan fingerprint density at radius 1 is 1.31 bits per heavy atom. The molecule has 1 aliphatic rings. The highest BCUT2D eigenvalue weighted by Gasteiger charge is 2.29. The molecule has 0 radical (unpaired) electrons. The fourth-order valence-corrected chi connectivity index (χ4v) is 3.53. The number of carboxylic acids is 1. The van der Waals surface area contributed by atoms with Crippen LogP contribution in [0.1, 0.15) is 29.5 Å². The molecule has 0 spiro atoms. The molecule has 7 nitrogen and oxygen atoms in total. The van der Waals surface area contributed by atoms with Crippen molar-refractivity contribution in [3.8, 4) is 5.75 Å². The van der Waals surface area contributed by atoms with Gasteiger partial charge in [-0.1, -0.05) is 0 Å². The minimum absolute atomic E-state index is 0.00105. The Bertz CT molecular complexity index is 945. The summed E-state index contributed by atoms with van der Waals surface area (Å²) >= 11 is 0. The molecule has 1 aliphatic heterocycles. The molecule has 0 bridgehead atoms. The van der Waals surface area contributed by atoms with Crippen molar-refractivity contribution in [2.75, 3.05) is 13.1 Å². The maximum absolute atomic E-state index is 12.6. The number of aryl methyl sites for hydroxylation is 2. The topological polar surface area (TPSA) is 108 Å². The third-order valence-electron chi connectivity index (χ3n) is 4.95. The van der Waals surface area contributed by atoms with E-state index in [2.05, 4.69) is 0 Å². The molecule has 26 heavy (non-hydrogen) atoms. The lowest BCUT2D eigenvalue weighted by Crippen LogP contribution is -2.43. The number of hydrogen-bond acceptors (Lipinski definition) is 5. The van der Waals surface area contributed by atoms with Crippen molar-refractivity contribution >= 4 is 22.8 Å². The van der Waals surface area contributed by atoms with E-state index in [9.17, 15) is 19.5 Å². The largest absolute Gasteiger partial charge is 0.507 e. The number of phenolic OH excluding ortho intramolecular Hbond substituents is 1. The maximum Gasteiger partial charge on any atom is 0.340 e. The summed E-state index contributed by atoms with van der Waals surface area (Å²) in [6, 6.07) is 3.24. The first-order chi connectivity index (χ1) is 12.3. The first-order valence-electron chi connectivity index (χ1n) is 8.54. The summed E-state index contributed by atoms with van der Waals surface area (Å²) in [4.78, 5) is 37.6. The van der Waals surface area contributed by atoms with E-state index in [1.807, 2.05) is 0 Å². The molecule has 1 aromatic carbocycles. The molecular formula is C19H21NO6. The number of nitrogens with zero attached hydrogens (tertiary/aromatic N) is 1. The molecule has 2 aromatic rings. The van der Waals surface area contributed by atoms with Gasteiger partial charge in [0, 0.05) is 13.1 Å². The Labute approximate surface area is 149 Å². The van der Waals surface area contributed by atoms with Crippen molar-refractivity contribution in [2.24, 2.45) is 5.92 Å². The molecule has 1 atom stereocenters. The summed E-state index contributed by atoms with van der Waals surface area (Å²) in [5.41, 5.74) is 1.13. The number of aliphatic carboxylic acids is 1. The van der Waals surface area contributed by atoms with Crippen LogP contribution in [-0.2, 0) is 16.0 Å². The maximum atomic E-state index is 12.6. The van der Waals surface area contributed by atoms with Gasteiger partial charge in [-0.05, 0) is 49.9 Å². The highest BCUT2D eigenvalue weighted by molar-refractivity contribution is 5.89. The Hall–Kier alpha value is -2.83. The molecule has 1 amide bonds. The van der Waals surface area contributed by atoms with Crippen LogP contribution in [0.25, 0.3) is 11.0 Å². The molecule has 0 unspecified atom stereocenters. The van der Waals surface area contributed by atoms with Crippen LogP contribution in [0.4, 0.5) is 0 Å². The van der Waals surface area contributed by atoms with E-state index in [-0.39, 0.29) is 35.8 Å². The zero-order valence-corrected chi connectivity index (χ0v) is 14.7. The average molecular weight is 359 g/mol. The number of phenols is 1. The van der Waals surface area contributed by atoms with Gasteiger partial charge in [-0.3, -0.25) is 9.59 Å². The van der Waals surface area contributed by atoms with Gasteiger partial charge in [0.1, 0.15) is 11.3 Å². The molecule has 1 fully saturated rings. The molecule has 2 N–H and O–H groups in total. The molecule has 0 saturated carbocycles. The normalized spacial score (nSPS) is 17.5. The number of carbonyl (C=O) groups excluding carboxylic acids is 1. The zero-order valence-electron chi connectivity index (χ0n) is 14.7. The molecule has 138 valence electrons. The first kappa shape index (κ1) is 18.0. The van der Waals surface area contributed by atoms with E-state index in [1.54, 1.807) is 26.0 Å². The summed E-state index contributed by atoms with van der Waals surface area (Å²) in [6.45, 7) is 4.08. The average Bonchev–Trinajstić information content (AvgIpc) is 2.57. The summed E-state index contributed by atoms with van der Waals surface area (Å²) in [5.74, 6) is -1.80. The molecule has 2 heterocycles. The lowest BCUT2D eigenvalue weighted by atomic mass is 9.97. The predicted molar refractivity (Wildman–Crippen MR) is 94.3 cm³/mol. The number of likely N-dealkylation sites (tertiary alicyclic amines) is 1. The number of rotatable bonds is 3. The third-order valence-corrected chi connectivity index (χ3v) is 4.95. The first-order valence-corrected chi connectivity index (χ1v) is 8.54. The van der Waals surface area contributed by atoms with Crippen LogP contribution < -0.4 is 5.63 Å². The summed E-state index contributed by atoms with van der Waals surface area (Å²) < 4.78 is 5.30. The van der Waals surface area contributed by atoms with E-state index in [0.717, 1.165) is 5.56 Å². The fraction of sp³-hybridized carbons (Fsp3) is 0.421. The molecule has 3 rings (SSSR count). The van der Waals surface area contributed by atoms with E-state index in [1.165, 1.54) is 4.90 Å². The van der Waals surface area contributed by atoms with Crippen molar-refractivity contribution in [3.05, 3.63) is 39.2 Å². The smallest absolute Gasteiger partial charge is 0.340 e.